The number of aromatic nitrogens is 2. The third-order valence-electron chi connectivity index (χ3n) is 3.32. The number of halogens is 1. The average Bonchev–Trinajstić information content (AvgIpc) is 2.67. The van der Waals surface area contributed by atoms with Crippen molar-refractivity contribution < 1.29 is 0 Å². The molecule has 1 heterocycles. The molecule has 1 aromatic heterocycles. The smallest absolute Gasteiger partial charge is 0.0766 e. The fourth-order valence-electron chi connectivity index (χ4n) is 2.12. The molecule has 1 rings (SSSR count). The molecule has 0 aliphatic rings. The highest BCUT2D eigenvalue weighted by Crippen LogP contribution is 2.24. The number of hydrogen-bond acceptors (Lipinski definition) is 2. The maximum atomic E-state index is 4.63. The molecule has 4 heteroatoms. The van der Waals surface area contributed by atoms with Gasteiger partial charge in [-0.25, -0.2) is 0 Å². The van der Waals surface area contributed by atoms with Gasteiger partial charge in [0.1, 0.15) is 0 Å². The Kier molecular flexibility index (Phi) is 6.20. The van der Waals surface area contributed by atoms with Crippen LogP contribution in [0.15, 0.2) is 4.47 Å². The summed E-state index contributed by atoms with van der Waals surface area (Å²) in [5.74, 6) is 0. The molecule has 1 N–H and O–H groups in total. The SMILES string of the molecule is CCc1nn(CC)c(CCC(CC)NC)c1Br. The average molecular weight is 302 g/mol. The zero-order valence-electron chi connectivity index (χ0n) is 11.4. The lowest BCUT2D eigenvalue weighted by Gasteiger charge is -2.14. The Hall–Kier alpha value is -0.350. The van der Waals surface area contributed by atoms with Gasteiger partial charge in [0.05, 0.1) is 15.9 Å². The number of hydrogen-bond donors (Lipinski definition) is 1. The van der Waals surface area contributed by atoms with Crippen molar-refractivity contribution in [2.75, 3.05) is 7.05 Å². The summed E-state index contributed by atoms with van der Waals surface area (Å²) in [5.41, 5.74) is 2.53. The minimum atomic E-state index is 0.604. The molecule has 0 aliphatic carbocycles. The van der Waals surface area contributed by atoms with Gasteiger partial charge >= 0.3 is 0 Å². The second-order valence-electron chi connectivity index (χ2n) is 4.31. The van der Waals surface area contributed by atoms with Gasteiger partial charge < -0.3 is 5.32 Å². The van der Waals surface area contributed by atoms with Gasteiger partial charge in [-0.2, -0.15) is 5.10 Å². The van der Waals surface area contributed by atoms with Crippen LogP contribution in [0.3, 0.4) is 0 Å². The van der Waals surface area contributed by atoms with Crippen molar-refractivity contribution in [1.29, 1.82) is 0 Å². The van der Waals surface area contributed by atoms with E-state index in [9.17, 15) is 0 Å². The topological polar surface area (TPSA) is 29.9 Å². The van der Waals surface area contributed by atoms with Crippen molar-refractivity contribution in [2.45, 2.75) is 59.0 Å². The molecule has 1 aromatic rings. The Morgan fingerprint density at radius 3 is 2.53 bits per heavy atom. The molecular formula is C13H24BrN3. The van der Waals surface area contributed by atoms with Crippen LogP contribution >= 0.6 is 15.9 Å². The fourth-order valence-corrected chi connectivity index (χ4v) is 2.88. The third kappa shape index (κ3) is 3.55. The highest BCUT2D eigenvalue weighted by atomic mass is 79.9. The summed E-state index contributed by atoms with van der Waals surface area (Å²) in [5, 5.41) is 7.98. The Morgan fingerprint density at radius 1 is 1.35 bits per heavy atom. The van der Waals surface area contributed by atoms with E-state index in [1.807, 2.05) is 7.05 Å². The second-order valence-corrected chi connectivity index (χ2v) is 5.10. The summed E-state index contributed by atoms with van der Waals surface area (Å²) >= 11 is 3.69. The minimum Gasteiger partial charge on any atom is -0.317 e. The van der Waals surface area contributed by atoms with Gasteiger partial charge in [-0.1, -0.05) is 13.8 Å². The minimum absolute atomic E-state index is 0.604. The van der Waals surface area contributed by atoms with Crippen LogP contribution in [-0.4, -0.2) is 22.9 Å². The van der Waals surface area contributed by atoms with E-state index in [-0.39, 0.29) is 0 Å². The third-order valence-corrected chi connectivity index (χ3v) is 4.24. The Bertz CT molecular complexity index is 343. The molecule has 0 aliphatic heterocycles. The number of nitrogens with one attached hydrogen (secondary N) is 1. The molecule has 17 heavy (non-hydrogen) atoms. The Labute approximate surface area is 113 Å². The van der Waals surface area contributed by atoms with E-state index < -0.39 is 0 Å². The molecule has 0 bridgehead atoms. The second kappa shape index (κ2) is 7.17. The molecule has 0 radical (unpaired) electrons. The molecule has 3 nitrogen and oxygen atoms in total. The summed E-state index contributed by atoms with van der Waals surface area (Å²) in [6, 6.07) is 0.604. The lowest BCUT2D eigenvalue weighted by Crippen LogP contribution is -2.25. The van der Waals surface area contributed by atoms with E-state index in [1.54, 1.807) is 0 Å². The zero-order valence-corrected chi connectivity index (χ0v) is 13.0. The predicted molar refractivity (Wildman–Crippen MR) is 76.4 cm³/mol. The first-order chi connectivity index (χ1) is 8.17. The fraction of sp³-hybridized carbons (Fsp3) is 0.769. The van der Waals surface area contributed by atoms with Gasteiger partial charge in [0, 0.05) is 12.6 Å². The van der Waals surface area contributed by atoms with Crippen molar-refractivity contribution in [3.8, 4) is 0 Å². The summed E-state index contributed by atoms with van der Waals surface area (Å²) in [6.45, 7) is 7.48. The Balaban J connectivity index is 2.78. The standard InChI is InChI=1S/C13H24BrN3/c1-5-10(15-4)8-9-12-13(14)11(6-2)16-17(12)7-3/h10,15H,5-9H2,1-4H3. The van der Waals surface area contributed by atoms with Crippen LogP contribution in [0.2, 0.25) is 0 Å². The van der Waals surface area contributed by atoms with E-state index in [4.69, 9.17) is 0 Å². The van der Waals surface area contributed by atoms with E-state index >= 15 is 0 Å². The zero-order chi connectivity index (χ0) is 12.8. The molecule has 0 spiro atoms. The number of aryl methyl sites for hydroxylation is 2. The van der Waals surface area contributed by atoms with E-state index in [0.29, 0.717) is 6.04 Å². The van der Waals surface area contributed by atoms with Gasteiger partial charge in [0.2, 0.25) is 0 Å². The largest absolute Gasteiger partial charge is 0.317 e. The first kappa shape index (κ1) is 14.7. The lowest BCUT2D eigenvalue weighted by atomic mass is 10.1. The molecule has 1 unspecified atom stereocenters. The van der Waals surface area contributed by atoms with Gasteiger partial charge in [-0.05, 0) is 55.6 Å². The highest BCUT2D eigenvalue weighted by Gasteiger charge is 2.14. The molecule has 0 aromatic carbocycles. The summed E-state index contributed by atoms with van der Waals surface area (Å²) in [4.78, 5) is 0. The van der Waals surface area contributed by atoms with Gasteiger partial charge in [0.15, 0.2) is 0 Å². The van der Waals surface area contributed by atoms with Crippen LogP contribution in [0.5, 0.6) is 0 Å². The van der Waals surface area contributed by atoms with Crippen molar-refractivity contribution >= 4 is 15.9 Å². The summed E-state index contributed by atoms with van der Waals surface area (Å²) < 4.78 is 3.35. The molecule has 0 amide bonds. The van der Waals surface area contributed by atoms with Crippen molar-refractivity contribution in [3.05, 3.63) is 15.9 Å². The van der Waals surface area contributed by atoms with Crippen molar-refractivity contribution in [1.82, 2.24) is 15.1 Å². The number of rotatable bonds is 7. The van der Waals surface area contributed by atoms with Crippen LogP contribution in [0.25, 0.3) is 0 Å². The van der Waals surface area contributed by atoms with E-state index in [2.05, 4.69) is 51.8 Å². The molecular weight excluding hydrogens is 278 g/mol. The quantitative estimate of drug-likeness (QED) is 0.838. The normalized spacial score (nSPS) is 13.0. The summed E-state index contributed by atoms with van der Waals surface area (Å²) in [6.07, 6.45) is 4.42. The Morgan fingerprint density at radius 2 is 2.06 bits per heavy atom. The van der Waals surface area contributed by atoms with Crippen LogP contribution in [0.1, 0.15) is 45.0 Å². The van der Waals surface area contributed by atoms with E-state index in [0.717, 1.165) is 19.4 Å². The van der Waals surface area contributed by atoms with Crippen LogP contribution in [0, 0.1) is 0 Å². The predicted octanol–water partition coefficient (Wildman–Crippen LogP) is 3.16. The molecule has 0 saturated heterocycles. The van der Waals surface area contributed by atoms with Crippen LogP contribution in [0.4, 0.5) is 0 Å². The first-order valence-electron chi connectivity index (χ1n) is 6.59. The molecule has 0 fully saturated rings. The molecule has 98 valence electrons. The van der Waals surface area contributed by atoms with Gasteiger partial charge in [-0.3, -0.25) is 4.68 Å². The molecule has 1 atom stereocenters. The van der Waals surface area contributed by atoms with Crippen molar-refractivity contribution in [2.24, 2.45) is 0 Å². The van der Waals surface area contributed by atoms with Crippen LogP contribution < -0.4 is 5.32 Å². The van der Waals surface area contributed by atoms with Crippen molar-refractivity contribution in [3.63, 3.8) is 0 Å². The van der Waals surface area contributed by atoms with Gasteiger partial charge in [0.25, 0.3) is 0 Å². The van der Waals surface area contributed by atoms with Gasteiger partial charge in [-0.15, -0.1) is 0 Å². The maximum absolute atomic E-state index is 4.63. The number of nitrogens with zero attached hydrogens (tertiary/aromatic N) is 2. The molecule has 0 saturated carbocycles. The monoisotopic (exact) mass is 301 g/mol. The maximum Gasteiger partial charge on any atom is 0.0766 e. The van der Waals surface area contributed by atoms with E-state index in [1.165, 1.54) is 28.7 Å². The summed E-state index contributed by atoms with van der Waals surface area (Å²) in [7, 11) is 2.04. The first-order valence-corrected chi connectivity index (χ1v) is 7.38. The highest BCUT2D eigenvalue weighted by molar-refractivity contribution is 9.10. The lowest BCUT2D eigenvalue weighted by molar-refractivity contribution is 0.494. The van der Waals surface area contributed by atoms with Crippen LogP contribution in [-0.2, 0) is 19.4 Å².